The SMILES string of the molecule is CCn1ccnc1N1CCC(C)(O)CC1. The molecule has 2 heterocycles. The van der Waals surface area contributed by atoms with Crippen molar-refractivity contribution in [2.75, 3.05) is 18.0 Å². The van der Waals surface area contributed by atoms with Gasteiger partial charge < -0.3 is 14.6 Å². The van der Waals surface area contributed by atoms with Crippen LogP contribution in [0.25, 0.3) is 0 Å². The molecule has 0 aliphatic carbocycles. The summed E-state index contributed by atoms with van der Waals surface area (Å²) < 4.78 is 2.14. The lowest BCUT2D eigenvalue weighted by Gasteiger charge is -2.36. The highest BCUT2D eigenvalue weighted by Crippen LogP contribution is 2.24. The van der Waals surface area contributed by atoms with Crippen molar-refractivity contribution in [3.05, 3.63) is 12.4 Å². The summed E-state index contributed by atoms with van der Waals surface area (Å²) in [7, 11) is 0. The summed E-state index contributed by atoms with van der Waals surface area (Å²) in [6, 6.07) is 0. The summed E-state index contributed by atoms with van der Waals surface area (Å²) in [4.78, 5) is 6.62. The summed E-state index contributed by atoms with van der Waals surface area (Å²) in [6.45, 7) is 6.76. The van der Waals surface area contributed by atoms with E-state index in [1.165, 1.54) is 0 Å². The molecule has 15 heavy (non-hydrogen) atoms. The Bertz CT molecular complexity index is 322. The van der Waals surface area contributed by atoms with Crippen molar-refractivity contribution in [3.8, 4) is 0 Å². The molecule has 0 aromatic carbocycles. The predicted molar refractivity (Wildman–Crippen MR) is 60.0 cm³/mol. The predicted octanol–water partition coefficient (Wildman–Crippen LogP) is 1.25. The lowest BCUT2D eigenvalue weighted by molar-refractivity contribution is 0.0348. The van der Waals surface area contributed by atoms with Gasteiger partial charge in [-0.1, -0.05) is 0 Å². The van der Waals surface area contributed by atoms with Crippen LogP contribution in [0.15, 0.2) is 12.4 Å². The Kier molecular flexibility index (Phi) is 2.69. The highest BCUT2D eigenvalue weighted by molar-refractivity contribution is 5.32. The van der Waals surface area contributed by atoms with Crippen LogP contribution in [0.5, 0.6) is 0 Å². The van der Waals surface area contributed by atoms with Crippen molar-refractivity contribution in [2.45, 2.75) is 38.8 Å². The minimum atomic E-state index is -0.486. The van der Waals surface area contributed by atoms with Gasteiger partial charge in [-0.25, -0.2) is 4.98 Å². The van der Waals surface area contributed by atoms with E-state index in [0.717, 1.165) is 38.4 Å². The second kappa shape index (κ2) is 3.85. The summed E-state index contributed by atoms with van der Waals surface area (Å²) in [5, 5.41) is 9.86. The molecule has 1 aliphatic rings. The zero-order chi connectivity index (χ0) is 10.9. The Hall–Kier alpha value is -1.03. The van der Waals surface area contributed by atoms with E-state index in [-0.39, 0.29) is 0 Å². The fourth-order valence-corrected chi connectivity index (χ4v) is 2.02. The standard InChI is InChI=1S/C11H19N3O/c1-3-13-9-6-12-10(13)14-7-4-11(2,15)5-8-14/h6,9,15H,3-5,7-8H2,1-2H3. The minimum Gasteiger partial charge on any atom is -0.390 e. The number of rotatable bonds is 2. The molecular weight excluding hydrogens is 190 g/mol. The molecule has 0 amide bonds. The number of piperidine rings is 1. The highest BCUT2D eigenvalue weighted by Gasteiger charge is 2.28. The molecule has 0 unspecified atom stereocenters. The summed E-state index contributed by atoms with van der Waals surface area (Å²) in [5.41, 5.74) is -0.486. The number of nitrogens with zero attached hydrogens (tertiary/aromatic N) is 3. The zero-order valence-corrected chi connectivity index (χ0v) is 9.48. The van der Waals surface area contributed by atoms with Crippen LogP contribution in [0.3, 0.4) is 0 Å². The van der Waals surface area contributed by atoms with Crippen LogP contribution in [-0.2, 0) is 6.54 Å². The van der Waals surface area contributed by atoms with E-state index in [1.54, 1.807) is 0 Å². The molecule has 0 atom stereocenters. The number of hydrogen-bond donors (Lipinski definition) is 1. The fourth-order valence-electron chi connectivity index (χ4n) is 2.02. The largest absolute Gasteiger partial charge is 0.390 e. The molecule has 1 aromatic heterocycles. The number of imidazole rings is 1. The van der Waals surface area contributed by atoms with Gasteiger partial charge in [-0.05, 0) is 26.7 Å². The second-order valence-electron chi connectivity index (χ2n) is 4.50. The van der Waals surface area contributed by atoms with E-state index < -0.39 is 5.60 Å². The number of aromatic nitrogens is 2. The van der Waals surface area contributed by atoms with E-state index in [1.807, 2.05) is 19.3 Å². The Morgan fingerprint density at radius 3 is 2.73 bits per heavy atom. The van der Waals surface area contributed by atoms with E-state index >= 15 is 0 Å². The van der Waals surface area contributed by atoms with Gasteiger partial charge in [-0.2, -0.15) is 0 Å². The van der Waals surface area contributed by atoms with E-state index in [2.05, 4.69) is 21.4 Å². The van der Waals surface area contributed by atoms with Crippen LogP contribution < -0.4 is 4.90 Å². The lowest BCUT2D eigenvalue weighted by atomic mass is 9.94. The van der Waals surface area contributed by atoms with Crippen molar-refractivity contribution < 1.29 is 5.11 Å². The Labute approximate surface area is 90.5 Å². The van der Waals surface area contributed by atoms with E-state index in [4.69, 9.17) is 0 Å². The topological polar surface area (TPSA) is 41.3 Å². The van der Waals surface area contributed by atoms with Crippen molar-refractivity contribution in [1.82, 2.24) is 9.55 Å². The number of aliphatic hydroxyl groups is 1. The number of anilines is 1. The van der Waals surface area contributed by atoms with Crippen molar-refractivity contribution in [3.63, 3.8) is 0 Å². The van der Waals surface area contributed by atoms with Crippen molar-refractivity contribution in [1.29, 1.82) is 0 Å². The van der Waals surface area contributed by atoms with Crippen LogP contribution in [-0.4, -0.2) is 33.3 Å². The van der Waals surface area contributed by atoms with Gasteiger partial charge in [0.05, 0.1) is 5.60 Å². The van der Waals surface area contributed by atoms with E-state index in [9.17, 15) is 5.11 Å². The molecule has 1 aromatic rings. The maximum atomic E-state index is 9.86. The second-order valence-corrected chi connectivity index (χ2v) is 4.50. The number of aryl methyl sites for hydroxylation is 1. The number of hydrogen-bond acceptors (Lipinski definition) is 3. The third-order valence-corrected chi connectivity index (χ3v) is 3.16. The Morgan fingerprint density at radius 1 is 1.47 bits per heavy atom. The smallest absolute Gasteiger partial charge is 0.205 e. The molecule has 2 rings (SSSR count). The quantitative estimate of drug-likeness (QED) is 0.797. The zero-order valence-electron chi connectivity index (χ0n) is 9.48. The summed E-state index contributed by atoms with van der Waals surface area (Å²) in [5.74, 6) is 1.04. The molecule has 1 aliphatic heterocycles. The first-order valence-corrected chi connectivity index (χ1v) is 5.61. The summed E-state index contributed by atoms with van der Waals surface area (Å²) >= 11 is 0. The maximum absolute atomic E-state index is 9.86. The molecule has 0 radical (unpaired) electrons. The summed E-state index contributed by atoms with van der Waals surface area (Å²) in [6.07, 6.45) is 5.49. The molecule has 4 heteroatoms. The van der Waals surface area contributed by atoms with Gasteiger partial charge in [0, 0.05) is 32.0 Å². The highest BCUT2D eigenvalue weighted by atomic mass is 16.3. The van der Waals surface area contributed by atoms with Gasteiger partial charge in [0.2, 0.25) is 5.95 Å². The van der Waals surface area contributed by atoms with Crippen LogP contribution in [0.4, 0.5) is 5.95 Å². The van der Waals surface area contributed by atoms with E-state index in [0.29, 0.717) is 0 Å². The van der Waals surface area contributed by atoms with Crippen LogP contribution in [0.2, 0.25) is 0 Å². The van der Waals surface area contributed by atoms with Crippen LogP contribution in [0, 0.1) is 0 Å². The van der Waals surface area contributed by atoms with Crippen LogP contribution >= 0.6 is 0 Å². The Balaban J connectivity index is 2.07. The van der Waals surface area contributed by atoms with Gasteiger partial charge in [-0.15, -0.1) is 0 Å². The lowest BCUT2D eigenvalue weighted by Crippen LogP contribution is -2.43. The molecule has 0 bridgehead atoms. The molecule has 0 saturated carbocycles. The average Bonchev–Trinajstić information content (AvgIpc) is 2.65. The first kappa shape index (κ1) is 10.5. The van der Waals surface area contributed by atoms with Gasteiger partial charge in [0.1, 0.15) is 0 Å². The first-order valence-electron chi connectivity index (χ1n) is 5.61. The van der Waals surface area contributed by atoms with Gasteiger partial charge in [0.25, 0.3) is 0 Å². The van der Waals surface area contributed by atoms with Crippen molar-refractivity contribution in [2.24, 2.45) is 0 Å². The molecule has 0 spiro atoms. The van der Waals surface area contributed by atoms with Crippen molar-refractivity contribution >= 4 is 5.95 Å². The third-order valence-electron chi connectivity index (χ3n) is 3.16. The molecule has 1 N–H and O–H groups in total. The molecule has 1 fully saturated rings. The third kappa shape index (κ3) is 2.15. The minimum absolute atomic E-state index is 0.486. The van der Waals surface area contributed by atoms with Gasteiger partial charge in [-0.3, -0.25) is 0 Å². The van der Waals surface area contributed by atoms with Gasteiger partial charge >= 0.3 is 0 Å². The maximum Gasteiger partial charge on any atom is 0.205 e. The molecular formula is C11H19N3O. The van der Waals surface area contributed by atoms with Crippen LogP contribution in [0.1, 0.15) is 26.7 Å². The fraction of sp³-hybridized carbons (Fsp3) is 0.727. The molecule has 1 saturated heterocycles. The normalized spacial score (nSPS) is 20.6. The first-order chi connectivity index (χ1) is 7.12. The molecule has 4 nitrogen and oxygen atoms in total. The average molecular weight is 209 g/mol. The van der Waals surface area contributed by atoms with Gasteiger partial charge in [0.15, 0.2) is 0 Å². The molecule has 84 valence electrons. The monoisotopic (exact) mass is 209 g/mol. The Morgan fingerprint density at radius 2 is 2.13 bits per heavy atom.